The van der Waals surface area contributed by atoms with Crippen LogP contribution in [0.25, 0.3) is 0 Å². The van der Waals surface area contributed by atoms with Gasteiger partial charge in [0.25, 0.3) is 0 Å². The van der Waals surface area contributed by atoms with Gasteiger partial charge in [-0.15, -0.1) is 0 Å². The van der Waals surface area contributed by atoms with Gasteiger partial charge in [0.15, 0.2) is 0 Å². The predicted octanol–water partition coefficient (Wildman–Crippen LogP) is 4.85. The Morgan fingerprint density at radius 1 is 1.00 bits per heavy atom. The van der Waals surface area contributed by atoms with Crippen LogP contribution in [0.15, 0.2) is 71.8 Å². The lowest BCUT2D eigenvalue weighted by Gasteiger charge is -2.23. The van der Waals surface area contributed by atoms with Crippen molar-refractivity contribution in [2.24, 2.45) is 0 Å². The van der Waals surface area contributed by atoms with Gasteiger partial charge in [0.2, 0.25) is 10.0 Å². The van der Waals surface area contributed by atoms with Crippen LogP contribution in [0.2, 0.25) is 0 Å². The Morgan fingerprint density at radius 2 is 1.70 bits per heavy atom. The largest absolute Gasteiger partial charge is 0.269 e. The molecule has 5 nitrogen and oxygen atoms in total. The Morgan fingerprint density at radius 3 is 2.33 bits per heavy atom. The zero-order valence-electron chi connectivity index (χ0n) is 18.0. The van der Waals surface area contributed by atoms with Crippen molar-refractivity contribution in [1.29, 1.82) is 0 Å². The number of hydrogen-bond acceptors (Lipinski definition) is 3. The highest BCUT2D eigenvalue weighted by Crippen LogP contribution is 2.24. The van der Waals surface area contributed by atoms with E-state index in [1.807, 2.05) is 60.1 Å². The van der Waals surface area contributed by atoms with Gasteiger partial charge in [0, 0.05) is 19.3 Å². The summed E-state index contributed by atoms with van der Waals surface area (Å²) in [5.41, 5.74) is 3.18. The third-order valence-electron chi connectivity index (χ3n) is 5.63. The first-order valence-electron chi connectivity index (χ1n) is 10.6. The molecule has 0 aliphatic carbocycles. The van der Waals surface area contributed by atoms with E-state index in [-0.39, 0.29) is 0 Å². The Labute approximate surface area is 180 Å². The standard InChI is InChI=1S/C24H31N3O2S/c1-4-20(3)22-11-13-24(14-12-22)30(28,29)26(18-16-21-9-7-6-8-10-21)19-23-15-17-25-27(23)5-2/h6-15,17,20H,4-5,16,18-19H2,1-3H3/t20-/m0/s1. The topological polar surface area (TPSA) is 55.2 Å². The molecule has 1 heterocycles. The summed E-state index contributed by atoms with van der Waals surface area (Å²) >= 11 is 0. The number of aromatic nitrogens is 2. The molecular formula is C24H31N3O2S. The number of sulfonamides is 1. The maximum atomic E-state index is 13.5. The number of rotatable bonds is 10. The van der Waals surface area contributed by atoms with E-state index < -0.39 is 10.0 Å². The first kappa shape index (κ1) is 22.2. The molecular weight excluding hydrogens is 394 g/mol. The van der Waals surface area contributed by atoms with Crippen molar-refractivity contribution in [1.82, 2.24) is 14.1 Å². The minimum absolute atomic E-state index is 0.302. The second-order valence-corrected chi connectivity index (χ2v) is 9.53. The molecule has 3 rings (SSSR count). The van der Waals surface area contributed by atoms with E-state index in [4.69, 9.17) is 0 Å². The summed E-state index contributed by atoms with van der Waals surface area (Å²) in [4.78, 5) is 0.338. The van der Waals surface area contributed by atoms with E-state index in [2.05, 4.69) is 18.9 Å². The smallest absolute Gasteiger partial charge is 0.243 e. The molecule has 30 heavy (non-hydrogen) atoms. The predicted molar refractivity (Wildman–Crippen MR) is 121 cm³/mol. The number of aryl methyl sites for hydroxylation is 1. The monoisotopic (exact) mass is 425 g/mol. The van der Waals surface area contributed by atoms with Crippen LogP contribution < -0.4 is 0 Å². The van der Waals surface area contributed by atoms with Crippen molar-refractivity contribution in [2.75, 3.05) is 6.54 Å². The zero-order chi connectivity index (χ0) is 21.6. The summed E-state index contributed by atoms with van der Waals surface area (Å²) in [5.74, 6) is 0.412. The molecule has 0 radical (unpaired) electrons. The van der Waals surface area contributed by atoms with Crippen LogP contribution in [0, 0.1) is 0 Å². The summed E-state index contributed by atoms with van der Waals surface area (Å²) < 4.78 is 30.5. The molecule has 160 valence electrons. The minimum atomic E-state index is -3.63. The van der Waals surface area contributed by atoms with Crippen molar-refractivity contribution in [3.05, 3.63) is 83.7 Å². The van der Waals surface area contributed by atoms with Crippen LogP contribution in [0.3, 0.4) is 0 Å². The summed E-state index contributed by atoms with van der Waals surface area (Å²) in [7, 11) is -3.63. The summed E-state index contributed by atoms with van der Waals surface area (Å²) in [5, 5.41) is 4.30. The Balaban J connectivity index is 1.88. The number of nitrogens with zero attached hydrogens (tertiary/aromatic N) is 3. The molecule has 6 heteroatoms. The summed E-state index contributed by atoms with van der Waals surface area (Å²) in [6.45, 7) is 7.72. The summed E-state index contributed by atoms with van der Waals surface area (Å²) in [6.07, 6.45) is 3.41. The number of benzene rings is 2. The first-order chi connectivity index (χ1) is 14.5. The maximum Gasteiger partial charge on any atom is 0.243 e. The molecule has 1 aromatic heterocycles. The van der Waals surface area contributed by atoms with Crippen LogP contribution in [-0.4, -0.2) is 29.0 Å². The van der Waals surface area contributed by atoms with Gasteiger partial charge in [-0.25, -0.2) is 8.42 Å². The van der Waals surface area contributed by atoms with Crippen molar-refractivity contribution >= 4 is 10.0 Å². The molecule has 0 unspecified atom stereocenters. The second-order valence-electron chi connectivity index (χ2n) is 7.59. The van der Waals surface area contributed by atoms with E-state index in [0.29, 0.717) is 36.9 Å². The summed E-state index contributed by atoms with van der Waals surface area (Å²) in [6, 6.07) is 19.2. The second kappa shape index (κ2) is 10.0. The molecule has 2 aromatic carbocycles. The molecule has 0 fully saturated rings. The van der Waals surface area contributed by atoms with Crippen molar-refractivity contribution in [3.8, 4) is 0 Å². The molecule has 0 bridgehead atoms. The SMILES string of the molecule is CC[C@H](C)c1ccc(S(=O)(=O)N(CCc2ccccc2)Cc2ccnn2CC)cc1. The van der Waals surface area contributed by atoms with Crippen molar-refractivity contribution < 1.29 is 8.42 Å². The average molecular weight is 426 g/mol. The lowest BCUT2D eigenvalue weighted by atomic mass is 9.99. The van der Waals surface area contributed by atoms with Crippen LogP contribution in [0.4, 0.5) is 0 Å². The van der Waals surface area contributed by atoms with Gasteiger partial charge in [-0.2, -0.15) is 9.40 Å². The minimum Gasteiger partial charge on any atom is -0.269 e. The Bertz CT molecular complexity index is 1030. The fourth-order valence-electron chi connectivity index (χ4n) is 3.50. The van der Waals surface area contributed by atoms with Gasteiger partial charge in [0.1, 0.15) is 0 Å². The van der Waals surface area contributed by atoms with Crippen LogP contribution in [0.1, 0.15) is 49.9 Å². The highest BCUT2D eigenvalue weighted by Gasteiger charge is 2.25. The normalized spacial score (nSPS) is 12.9. The number of hydrogen-bond donors (Lipinski definition) is 0. The Kier molecular flexibility index (Phi) is 7.45. The molecule has 0 N–H and O–H groups in total. The van der Waals surface area contributed by atoms with Gasteiger partial charge in [-0.1, -0.05) is 56.3 Å². The highest BCUT2D eigenvalue weighted by atomic mass is 32.2. The van der Waals surface area contributed by atoms with E-state index in [1.54, 1.807) is 22.6 Å². The fourth-order valence-corrected chi connectivity index (χ4v) is 4.91. The fraction of sp³-hybridized carbons (Fsp3) is 0.375. The highest BCUT2D eigenvalue weighted by molar-refractivity contribution is 7.89. The van der Waals surface area contributed by atoms with Gasteiger partial charge in [-0.05, 0) is 55.0 Å². The maximum absolute atomic E-state index is 13.5. The van der Waals surface area contributed by atoms with E-state index in [9.17, 15) is 8.42 Å². The molecule has 0 aliphatic rings. The lowest BCUT2D eigenvalue weighted by Crippen LogP contribution is -2.33. The van der Waals surface area contributed by atoms with Crippen molar-refractivity contribution in [3.63, 3.8) is 0 Å². The lowest BCUT2D eigenvalue weighted by molar-refractivity contribution is 0.394. The third kappa shape index (κ3) is 5.18. The molecule has 3 aromatic rings. The van der Waals surface area contributed by atoms with Crippen molar-refractivity contribution in [2.45, 2.75) is 57.5 Å². The zero-order valence-corrected chi connectivity index (χ0v) is 18.8. The van der Waals surface area contributed by atoms with Crippen LogP contribution >= 0.6 is 0 Å². The molecule has 1 atom stereocenters. The van der Waals surface area contributed by atoms with Crippen LogP contribution in [-0.2, 0) is 29.5 Å². The van der Waals surface area contributed by atoms with Crippen LogP contribution in [0.5, 0.6) is 0 Å². The molecule has 0 spiro atoms. The quantitative estimate of drug-likeness (QED) is 0.467. The van der Waals surface area contributed by atoms with Gasteiger partial charge >= 0.3 is 0 Å². The molecule has 0 saturated heterocycles. The average Bonchev–Trinajstić information content (AvgIpc) is 3.24. The van der Waals surface area contributed by atoms with E-state index in [0.717, 1.165) is 23.2 Å². The Hall–Kier alpha value is -2.44. The van der Waals surface area contributed by atoms with Gasteiger partial charge in [-0.3, -0.25) is 4.68 Å². The third-order valence-corrected chi connectivity index (χ3v) is 7.49. The molecule has 0 aliphatic heterocycles. The van der Waals surface area contributed by atoms with Gasteiger partial charge < -0.3 is 0 Å². The van der Waals surface area contributed by atoms with E-state index in [1.165, 1.54) is 0 Å². The van der Waals surface area contributed by atoms with Gasteiger partial charge in [0.05, 0.1) is 17.1 Å². The molecule has 0 amide bonds. The van der Waals surface area contributed by atoms with E-state index >= 15 is 0 Å². The molecule has 0 saturated carbocycles. The first-order valence-corrected chi connectivity index (χ1v) is 12.0.